The Bertz CT molecular complexity index is 541. The zero-order valence-electron chi connectivity index (χ0n) is 12.6. The Morgan fingerprint density at radius 3 is 2.67 bits per heavy atom. The Balaban J connectivity index is 2.01. The average molecular weight is 291 g/mol. The zero-order valence-corrected chi connectivity index (χ0v) is 12.6. The lowest BCUT2D eigenvalue weighted by Gasteiger charge is -2.13. The first-order valence-corrected chi connectivity index (χ1v) is 6.86. The Labute approximate surface area is 124 Å². The van der Waals surface area contributed by atoms with E-state index < -0.39 is 0 Å². The first-order chi connectivity index (χ1) is 10.2. The smallest absolute Gasteiger partial charge is 0.168 e. The molecule has 0 saturated heterocycles. The van der Waals surface area contributed by atoms with Gasteiger partial charge in [-0.1, -0.05) is 12.1 Å². The molecule has 0 aliphatic rings. The van der Waals surface area contributed by atoms with Gasteiger partial charge < -0.3 is 14.8 Å². The largest absolute Gasteiger partial charge is 0.497 e. The van der Waals surface area contributed by atoms with E-state index in [0.717, 1.165) is 23.7 Å². The Morgan fingerprint density at radius 1 is 1.24 bits per heavy atom. The summed E-state index contributed by atoms with van der Waals surface area (Å²) < 4.78 is 12.0. The molecule has 7 nitrogen and oxygen atoms in total. The molecule has 1 N–H and O–H groups in total. The summed E-state index contributed by atoms with van der Waals surface area (Å²) in [5, 5.41) is 15.2. The van der Waals surface area contributed by atoms with Gasteiger partial charge >= 0.3 is 0 Å². The molecular weight excluding hydrogens is 270 g/mol. The van der Waals surface area contributed by atoms with Crippen LogP contribution in [0.1, 0.15) is 24.4 Å². The minimum Gasteiger partial charge on any atom is -0.497 e. The third-order valence-electron chi connectivity index (χ3n) is 3.20. The highest BCUT2D eigenvalue weighted by Crippen LogP contribution is 2.14. The molecule has 21 heavy (non-hydrogen) atoms. The molecule has 1 atom stereocenters. The Morgan fingerprint density at radius 2 is 2.00 bits per heavy atom. The first-order valence-electron chi connectivity index (χ1n) is 6.86. The standard InChI is InChI=1S/C14H21N5O2/c1-11(15-8-9-20-2)14-16-17-18-19(14)10-12-4-6-13(21-3)7-5-12/h4-7,11,15H,8-10H2,1-3H3. The van der Waals surface area contributed by atoms with E-state index in [1.54, 1.807) is 18.9 Å². The van der Waals surface area contributed by atoms with Gasteiger partial charge in [-0.05, 0) is 35.0 Å². The maximum atomic E-state index is 5.15. The zero-order chi connectivity index (χ0) is 15.1. The summed E-state index contributed by atoms with van der Waals surface area (Å²) in [5.74, 6) is 1.65. The molecule has 0 bridgehead atoms. The van der Waals surface area contributed by atoms with Gasteiger partial charge in [-0.2, -0.15) is 0 Å². The fourth-order valence-electron chi connectivity index (χ4n) is 2.01. The van der Waals surface area contributed by atoms with Gasteiger partial charge in [0.05, 0.1) is 26.3 Å². The number of benzene rings is 1. The lowest BCUT2D eigenvalue weighted by Crippen LogP contribution is -2.26. The van der Waals surface area contributed by atoms with Crippen LogP contribution in [0.5, 0.6) is 5.75 Å². The molecule has 0 aliphatic carbocycles. The summed E-state index contributed by atoms with van der Waals surface area (Å²) in [4.78, 5) is 0. The van der Waals surface area contributed by atoms with E-state index in [-0.39, 0.29) is 6.04 Å². The fraction of sp³-hybridized carbons (Fsp3) is 0.500. The third-order valence-corrected chi connectivity index (χ3v) is 3.20. The van der Waals surface area contributed by atoms with Crippen LogP contribution in [0.15, 0.2) is 24.3 Å². The summed E-state index contributed by atoms with van der Waals surface area (Å²) in [7, 11) is 3.34. The lowest BCUT2D eigenvalue weighted by molar-refractivity contribution is 0.196. The number of ether oxygens (including phenoxy) is 2. The van der Waals surface area contributed by atoms with E-state index in [4.69, 9.17) is 9.47 Å². The molecule has 114 valence electrons. The van der Waals surface area contributed by atoms with Crippen LogP contribution in [0, 0.1) is 0 Å². The molecule has 0 fully saturated rings. The van der Waals surface area contributed by atoms with E-state index >= 15 is 0 Å². The minimum absolute atomic E-state index is 0.0633. The van der Waals surface area contributed by atoms with E-state index in [9.17, 15) is 0 Å². The Kier molecular flexibility index (Phi) is 5.65. The van der Waals surface area contributed by atoms with Gasteiger partial charge in [0.1, 0.15) is 5.75 Å². The molecule has 0 aliphatic heterocycles. The van der Waals surface area contributed by atoms with Gasteiger partial charge in [0.2, 0.25) is 0 Å². The number of aromatic nitrogens is 4. The van der Waals surface area contributed by atoms with E-state index in [2.05, 4.69) is 20.8 Å². The highest BCUT2D eigenvalue weighted by molar-refractivity contribution is 5.27. The third kappa shape index (κ3) is 4.24. The van der Waals surface area contributed by atoms with Gasteiger partial charge in [0.25, 0.3) is 0 Å². The van der Waals surface area contributed by atoms with E-state index in [0.29, 0.717) is 13.2 Å². The number of rotatable bonds is 8. The molecule has 7 heteroatoms. The summed E-state index contributed by atoms with van der Waals surface area (Å²) >= 11 is 0. The molecule has 0 radical (unpaired) electrons. The predicted octanol–water partition coefficient (Wildman–Crippen LogP) is 1.03. The van der Waals surface area contributed by atoms with Crippen molar-refractivity contribution in [3.8, 4) is 5.75 Å². The molecule has 0 spiro atoms. The maximum Gasteiger partial charge on any atom is 0.168 e. The number of methoxy groups -OCH3 is 2. The Hall–Kier alpha value is -1.99. The van der Waals surface area contributed by atoms with Crippen molar-refractivity contribution in [3.05, 3.63) is 35.7 Å². The fourth-order valence-corrected chi connectivity index (χ4v) is 2.01. The minimum atomic E-state index is 0.0633. The molecule has 2 aromatic rings. The van der Waals surface area contributed by atoms with Crippen molar-refractivity contribution in [2.75, 3.05) is 27.4 Å². The summed E-state index contributed by atoms with van der Waals surface area (Å²) in [6.07, 6.45) is 0. The van der Waals surface area contributed by atoms with Gasteiger partial charge in [-0.15, -0.1) is 5.10 Å². The molecule has 1 heterocycles. The van der Waals surface area contributed by atoms with Crippen molar-refractivity contribution < 1.29 is 9.47 Å². The van der Waals surface area contributed by atoms with Crippen LogP contribution in [-0.2, 0) is 11.3 Å². The van der Waals surface area contributed by atoms with Gasteiger partial charge in [-0.25, -0.2) is 4.68 Å². The molecule has 1 aromatic carbocycles. The topological polar surface area (TPSA) is 74.1 Å². The van der Waals surface area contributed by atoms with Gasteiger partial charge in [-0.3, -0.25) is 0 Å². The second-order valence-electron chi connectivity index (χ2n) is 4.71. The van der Waals surface area contributed by atoms with Crippen molar-refractivity contribution in [1.29, 1.82) is 0 Å². The van der Waals surface area contributed by atoms with Crippen LogP contribution in [-0.4, -0.2) is 47.6 Å². The molecule has 2 rings (SSSR count). The van der Waals surface area contributed by atoms with E-state index in [1.807, 2.05) is 31.2 Å². The van der Waals surface area contributed by atoms with Crippen molar-refractivity contribution >= 4 is 0 Å². The van der Waals surface area contributed by atoms with Crippen molar-refractivity contribution in [1.82, 2.24) is 25.5 Å². The van der Waals surface area contributed by atoms with Gasteiger partial charge in [0, 0.05) is 13.7 Å². The molecule has 0 saturated carbocycles. The summed E-state index contributed by atoms with van der Waals surface area (Å²) in [6.45, 7) is 4.08. The second-order valence-corrected chi connectivity index (χ2v) is 4.71. The number of nitrogens with one attached hydrogen (secondary N) is 1. The van der Waals surface area contributed by atoms with Crippen LogP contribution < -0.4 is 10.1 Å². The summed E-state index contributed by atoms with van der Waals surface area (Å²) in [6, 6.07) is 7.94. The highest BCUT2D eigenvalue weighted by Gasteiger charge is 2.14. The maximum absolute atomic E-state index is 5.15. The summed E-state index contributed by atoms with van der Waals surface area (Å²) in [5.41, 5.74) is 1.12. The molecule has 1 unspecified atom stereocenters. The number of hydrogen-bond donors (Lipinski definition) is 1. The number of tetrazole rings is 1. The van der Waals surface area contributed by atoms with Crippen LogP contribution in [0.25, 0.3) is 0 Å². The van der Waals surface area contributed by atoms with Crippen molar-refractivity contribution in [2.24, 2.45) is 0 Å². The first kappa shape index (κ1) is 15.4. The number of nitrogens with zero attached hydrogens (tertiary/aromatic N) is 4. The van der Waals surface area contributed by atoms with Gasteiger partial charge in [0.15, 0.2) is 5.82 Å². The molecule has 1 aromatic heterocycles. The van der Waals surface area contributed by atoms with Crippen LogP contribution >= 0.6 is 0 Å². The van der Waals surface area contributed by atoms with Crippen LogP contribution in [0.3, 0.4) is 0 Å². The SMILES string of the molecule is COCCNC(C)c1nnnn1Cc1ccc(OC)cc1. The van der Waals surface area contributed by atoms with Crippen molar-refractivity contribution in [3.63, 3.8) is 0 Å². The number of hydrogen-bond acceptors (Lipinski definition) is 6. The van der Waals surface area contributed by atoms with Crippen molar-refractivity contribution in [2.45, 2.75) is 19.5 Å². The van der Waals surface area contributed by atoms with Crippen LogP contribution in [0.2, 0.25) is 0 Å². The van der Waals surface area contributed by atoms with Crippen LogP contribution in [0.4, 0.5) is 0 Å². The van der Waals surface area contributed by atoms with E-state index in [1.165, 1.54) is 0 Å². The predicted molar refractivity (Wildman–Crippen MR) is 78.2 cm³/mol. The second kappa shape index (κ2) is 7.70. The molecule has 0 amide bonds. The average Bonchev–Trinajstić information content (AvgIpc) is 2.96. The lowest BCUT2D eigenvalue weighted by atomic mass is 10.2. The highest BCUT2D eigenvalue weighted by atomic mass is 16.5. The quantitative estimate of drug-likeness (QED) is 0.732. The normalized spacial score (nSPS) is 12.3. The monoisotopic (exact) mass is 291 g/mol. The molecular formula is C14H21N5O2.